The second-order valence-corrected chi connectivity index (χ2v) is 9.64. The second kappa shape index (κ2) is 8.86. The highest BCUT2D eigenvalue weighted by molar-refractivity contribution is 6.30. The lowest BCUT2D eigenvalue weighted by Gasteiger charge is -2.34. The first-order chi connectivity index (χ1) is 16.4. The van der Waals surface area contributed by atoms with E-state index in [0.717, 1.165) is 38.8 Å². The van der Waals surface area contributed by atoms with Crippen molar-refractivity contribution >= 4 is 40.7 Å². The Balaban J connectivity index is 1.36. The number of anilines is 2. The van der Waals surface area contributed by atoms with Crippen LogP contribution in [-0.4, -0.2) is 62.6 Å². The molecule has 2 aromatic rings. The standard InChI is InChI=1S/C22H26ClN7O4/c23-16-12-24-29(14-16)22(7-8-22)21(32)26-19-17(30(33)34)5-6-18(25-19)28-11-3-4-15(13-28)20(31)27-9-1-2-10-27/h5-6,12,14-15H,1-4,7-11,13H2,(H,25,26,32)/t15-/m1/s1. The maximum absolute atomic E-state index is 13.1. The summed E-state index contributed by atoms with van der Waals surface area (Å²) in [7, 11) is 0. The van der Waals surface area contributed by atoms with Crippen molar-refractivity contribution in [3.63, 3.8) is 0 Å². The van der Waals surface area contributed by atoms with Crippen LogP contribution in [0.3, 0.4) is 0 Å². The summed E-state index contributed by atoms with van der Waals surface area (Å²) in [6, 6.07) is 2.94. The number of nitrogens with zero attached hydrogens (tertiary/aromatic N) is 6. The molecule has 0 aromatic carbocycles. The highest BCUT2D eigenvalue weighted by atomic mass is 35.5. The Labute approximate surface area is 201 Å². The largest absolute Gasteiger partial charge is 0.356 e. The maximum atomic E-state index is 13.1. The monoisotopic (exact) mass is 487 g/mol. The Kier molecular flexibility index (Phi) is 5.88. The van der Waals surface area contributed by atoms with Crippen LogP contribution in [0.25, 0.3) is 0 Å². The van der Waals surface area contributed by atoms with E-state index >= 15 is 0 Å². The molecule has 3 fully saturated rings. The number of halogens is 1. The highest BCUT2D eigenvalue weighted by Crippen LogP contribution is 2.44. The molecular weight excluding hydrogens is 462 g/mol. The lowest BCUT2D eigenvalue weighted by atomic mass is 9.96. The first-order valence-electron chi connectivity index (χ1n) is 11.6. The molecule has 180 valence electrons. The van der Waals surface area contributed by atoms with E-state index in [1.54, 1.807) is 12.3 Å². The van der Waals surface area contributed by atoms with Gasteiger partial charge >= 0.3 is 5.69 Å². The van der Waals surface area contributed by atoms with E-state index in [0.29, 0.717) is 36.8 Å². The van der Waals surface area contributed by atoms with Gasteiger partial charge in [0, 0.05) is 38.4 Å². The van der Waals surface area contributed by atoms with Crippen molar-refractivity contribution in [3.8, 4) is 0 Å². The minimum atomic E-state index is -0.920. The predicted octanol–water partition coefficient (Wildman–Crippen LogP) is 2.81. The summed E-state index contributed by atoms with van der Waals surface area (Å²) >= 11 is 5.96. The van der Waals surface area contributed by atoms with Gasteiger partial charge in [-0.2, -0.15) is 5.10 Å². The lowest BCUT2D eigenvalue weighted by Crippen LogP contribution is -2.44. The van der Waals surface area contributed by atoms with Crippen molar-refractivity contribution in [1.29, 1.82) is 0 Å². The van der Waals surface area contributed by atoms with Crippen LogP contribution in [0.1, 0.15) is 38.5 Å². The van der Waals surface area contributed by atoms with Crippen LogP contribution in [0, 0.1) is 16.0 Å². The molecule has 0 unspecified atom stereocenters. The number of carbonyl (C=O) groups is 2. The molecule has 1 saturated carbocycles. The van der Waals surface area contributed by atoms with Crippen LogP contribution in [0.4, 0.5) is 17.3 Å². The molecule has 2 aromatic heterocycles. The molecule has 2 saturated heterocycles. The van der Waals surface area contributed by atoms with Gasteiger partial charge in [-0.15, -0.1) is 0 Å². The molecule has 0 radical (unpaired) electrons. The molecule has 11 nitrogen and oxygen atoms in total. The fourth-order valence-electron chi connectivity index (χ4n) is 4.88. The van der Waals surface area contributed by atoms with Crippen molar-refractivity contribution in [2.24, 2.45) is 5.92 Å². The van der Waals surface area contributed by atoms with Gasteiger partial charge in [0.05, 0.1) is 22.1 Å². The fourth-order valence-corrected chi connectivity index (χ4v) is 5.01. The third-order valence-electron chi connectivity index (χ3n) is 6.94. The number of pyridine rings is 1. The number of piperidine rings is 1. The third-order valence-corrected chi connectivity index (χ3v) is 7.13. The Hall–Kier alpha value is -3.21. The van der Waals surface area contributed by atoms with Crippen LogP contribution >= 0.6 is 11.6 Å². The Bertz CT molecular complexity index is 1130. The zero-order valence-corrected chi connectivity index (χ0v) is 19.4. The summed E-state index contributed by atoms with van der Waals surface area (Å²) in [5.41, 5.74) is -1.20. The number of nitro groups is 1. The van der Waals surface area contributed by atoms with Crippen LogP contribution < -0.4 is 10.2 Å². The van der Waals surface area contributed by atoms with Crippen LogP contribution in [-0.2, 0) is 15.1 Å². The van der Waals surface area contributed by atoms with Gasteiger partial charge < -0.3 is 15.1 Å². The molecule has 1 atom stereocenters. The minimum Gasteiger partial charge on any atom is -0.356 e. The van der Waals surface area contributed by atoms with Crippen LogP contribution in [0.15, 0.2) is 24.5 Å². The van der Waals surface area contributed by atoms with Crippen LogP contribution in [0.2, 0.25) is 5.02 Å². The van der Waals surface area contributed by atoms with Gasteiger partial charge in [0.15, 0.2) is 0 Å². The van der Waals surface area contributed by atoms with E-state index in [-0.39, 0.29) is 23.3 Å². The van der Waals surface area contributed by atoms with Gasteiger partial charge in [-0.3, -0.25) is 24.4 Å². The molecule has 5 rings (SSSR count). The average Bonchev–Trinajstić information content (AvgIpc) is 3.23. The Morgan fingerprint density at radius 2 is 1.94 bits per heavy atom. The van der Waals surface area contributed by atoms with E-state index in [1.165, 1.54) is 16.9 Å². The summed E-state index contributed by atoms with van der Waals surface area (Å²) < 4.78 is 1.50. The van der Waals surface area contributed by atoms with Gasteiger partial charge in [-0.25, -0.2) is 4.98 Å². The molecule has 4 heterocycles. The fraction of sp³-hybridized carbons (Fsp3) is 0.545. The molecule has 1 N–H and O–H groups in total. The first kappa shape index (κ1) is 22.6. The molecule has 1 aliphatic carbocycles. The third kappa shape index (κ3) is 4.20. The maximum Gasteiger partial charge on any atom is 0.311 e. The molecule has 0 spiro atoms. The number of aromatic nitrogens is 3. The van der Waals surface area contributed by atoms with Gasteiger partial charge in [0.25, 0.3) is 5.91 Å². The van der Waals surface area contributed by atoms with E-state index < -0.39 is 16.4 Å². The van der Waals surface area contributed by atoms with E-state index in [2.05, 4.69) is 15.4 Å². The Morgan fingerprint density at radius 3 is 2.59 bits per heavy atom. The van der Waals surface area contributed by atoms with Crippen molar-refractivity contribution in [2.45, 2.75) is 44.1 Å². The second-order valence-electron chi connectivity index (χ2n) is 9.20. The molecule has 2 amide bonds. The number of hydrogen-bond donors (Lipinski definition) is 1. The van der Waals surface area contributed by atoms with Gasteiger partial charge in [-0.05, 0) is 44.6 Å². The van der Waals surface area contributed by atoms with E-state index in [1.807, 2.05) is 9.80 Å². The summed E-state index contributed by atoms with van der Waals surface area (Å²) in [6.07, 6.45) is 7.85. The summed E-state index contributed by atoms with van der Waals surface area (Å²) in [5, 5.41) is 18.9. The van der Waals surface area contributed by atoms with Crippen molar-refractivity contribution in [3.05, 3.63) is 39.7 Å². The lowest BCUT2D eigenvalue weighted by molar-refractivity contribution is -0.384. The number of amides is 2. The molecule has 0 bridgehead atoms. The summed E-state index contributed by atoms with van der Waals surface area (Å²) in [5.74, 6) is 0.0324. The molecule has 3 aliphatic rings. The predicted molar refractivity (Wildman–Crippen MR) is 125 cm³/mol. The zero-order chi connectivity index (χ0) is 23.9. The number of rotatable bonds is 6. The average molecular weight is 488 g/mol. The molecule has 34 heavy (non-hydrogen) atoms. The Morgan fingerprint density at radius 1 is 1.18 bits per heavy atom. The van der Waals surface area contributed by atoms with Gasteiger partial charge in [-0.1, -0.05) is 11.6 Å². The first-order valence-corrected chi connectivity index (χ1v) is 12.0. The highest BCUT2D eigenvalue weighted by Gasteiger charge is 2.53. The molecule has 2 aliphatic heterocycles. The SMILES string of the molecule is O=C([C@@H]1CCCN(c2ccc([N+](=O)[O-])c(NC(=O)C3(n4cc(Cl)cn4)CC3)n2)C1)N1CCCC1. The number of likely N-dealkylation sites (tertiary alicyclic amines) is 1. The number of carbonyl (C=O) groups excluding carboxylic acids is 2. The number of hydrogen-bond acceptors (Lipinski definition) is 7. The number of nitrogens with one attached hydrogen (secondary N) is 1. The van der Waals surface area contributed by atoms with E-state index in [4.69, 9.17) is 11.6 Å². The topological polar surface area (TPSA) is 127 Å². The summed E-state index contributed by atoms with van der Waals surface area (Å²) in [6.45, 7) is 2.82. The van der Waals surface area contributed by atoms with Crippen molar-refractivity contribution in [1.82, 2.24) is 19.7 Å². The van der Waals surface area contributed by atoms with Crippen LogP contribution in [0.5, 0.6) is 0 Å². The van der Waals surface area contributed by atoms with E-state index in [9.17, 15) is 19.7 Å². The zero-order valence-electron chi connectivity index (χ0n) is 18.7. The van der Waals surface area contributed by atoms with Gasteiger partial charge in [0.2, 0.25) is 11.7 Å². The quantitative estimate of drug-likeness (QED) is 0.490. The van der Waals surface area contributed by atoms with Crippen molar-refractivity contribution < 1.29 is 14.5 Å². The smallest absolute Gasteiger partial charge is 0.311 e. The normalized spacial score (nSPS) is 21.4. The van der Waals surface area contributed by atoms with Crippen molar-refractivity contribution in [2.75, 3.05) is 36.4 Å². The summed E-state index contributed by atoms with van der Waals surface area (Å²) in [4.78, 5) is 45.5. The molecule has 12 heteroatoms. The van der Waals surface area contributed by atoms with Gasteiger partial charge in [0.1, 0.15) is 11.4 Å². The molecular formula is C22H26ClN7O4. The minimum absolute atomic E-state index is 0.106.